The highest BCUT2D eigenvalue weighted by Gasteiger charge is 2.19. The van der Waals surface area contributed by atoms with Gasteiger partial charge in [-0.3, -0.25) is 4.79 Å². The van der Waals surface area contributed by atoms with E-state index in [-0.39, 0.29) is 21.4 Å². The van der Waals surface area contributed by atoms with Crippen molar-refractivity contribution < 1.29 is 9.18 Å². The predicted molar refractivity (Wildman–Crippen MR) is 77.5 cm³/mol. The SMILES string of the molecule is CC(C)(C)CC(Cl)CNC(=O)c1cccc(Cl)c1F. The van der Waals surface area contributed by atoms with Gasteiger partial charge in [0.25, 0.3) is 5.91 Å². The molecule has 106 valence electrons. The molecule has 1 unspecified atom stereocenters. The van der Waals surface area contributed by atoms with E-state index in [0.717, 1.165) is 6.42 Å². The average Bonchev–Trinajstić information content (AvgIpc) is 2.27. The highest BCUT2D eigenvalue weighted by atomic mass is 35.5. The number of alkyl halides is 1. The average molecular weight is 306 g/mol. The Labute approximate surface area is 123 Å². The summed E-state index contributed by atoms with van der Waals surface area (Å²) in [5.74, 6) is -1.21. The van der Waals surface area contributed by atoms with Crippen LogP contribution in [0.1, 0.15) is 37.6 Å². The molecule has 0 heterocycles. The van der Waals surface area contributed by atoms with E-state index < -0.39 is 11.7 Å². The maximum absolute atomic E-state index is 13.6. The molecule has 0 spiro atoms. The summed E-state index contributed by atoms with van der Waals surface area (Å²) in [7, 11) is 0. The van der Waals surface area contributed by atoms with Crippen molar-refractivity contribution >= 4 is 29.1 Å². The lowest BCUT2D eigenvalue weighted by Gasteiger charge is -2.22. The predicted octanol–water partition coefficient (Wildman–Crippen LogP) is 4.25. The van der Waals surface area contributed by atoms with Crippen LogP contribution in [0.5, 0.6) is 0 Å². The maximum Gasteiger partial charge on any atom is 0.254 e. The molecule has 1 N–H and O–H groups in total. The fraction of sp³-hybridized carbons (Fsp3) is 0.500. The number of rotatable bonds is 4. The highest BCUT2D eigenvalue weighted by molar-refractivity contribution is 6.31. The van der Waals surface area contributed by atoms with Gasteiger partial charge < -0.3 is 5.32 Å². The number of hydrogen-bond acceptors (Lipinski definition) is 1. The second-order valence-electron chi connectivity index (χ2n) is 5.67. The Morgan fingerprint density at radius 2 is 2.05 bits per heavy atom. The first kappa shape index (κ1) is 16.3. The minimum atomic E-state index is -0.705. The standard InChI is InChI=1S/C14H18Cl2FNO/c1-14(2,3)7-9(15)8-18-13(19)10-5-4-6-11(16)12(10)17/h4-6,9H,7-8H2,1-3H3,(H,18,19). The van der Waals surface area contributed by atoms with Crippen LogP contribution in [-0.4, -0.2) is 17.8 Å². The quantitative estimate of drug-likeness (QED) is 0.828. The molecule has 1 amide bonds. The van der Waals surface area contributed by atoms with Gasteiger partial charge in [0.2, 0.25) is 0 Å². The third-order valence-corrected chi connectivity index (χ3v) is 3.11. The zero-order valence-electron chi connectivity index (χ0n) is 11.3. The molecule has 0 radical (unpaired) electrons. The Bertz CT molecular complexity index is 457. The molecular formula is C14H18Cl2FNO. The molecular weight excluding hydrogens is 288 g/mol. The van der Waals surface area contributed by atoms with E-state index in [0.29, 0.717) is 6.54 Å². The second-order valence-corrected chi connectivity index (χ2v) is 6.70. The molecule has 1 rings (SSSR count). The number of nitrogens with one attached hydrogen (secondary N) is 1. The fourth-order valence-corrected chi connectivity index (χ4v) is 2.43. The summed E-state index contributed by atoms with van der Waals surface area (Å²) >= 11 is 11.8. The van der Waals surface area contributed by atoms with Crippen LogP contribution >= 0.6 is 23.2 Å². The Hall–Kier alpha value is -0.800. The number of carbonyl (C=O) groups excluding carboxylic acids is 1. The fourth-order valence-electron chi connectivity index (χ4n) is 1.71. The van der Waals surface area contributed by atoms with E-state index >= 15 is 0 Å². The van der Waals surface area contributed by atoms with Gasteiger partial charge in [-0.05, 0) is 24.0 Å². The summed E-state index contributed by atoms with van der Waals surface area (Å²) in [6.07, 6.45) is 0.757. The maximum atomic E-state index is 13.6. The van der Waals surface area contributed by atoms with Crippen molar-refractivity contribution in [1.82, 2.24) is 5.32 Å². The summed E-state index contributed by atoms with van der Waals surface area (Å²) in [5.41, 5.74) is 0.0189. The summed E-state index contributed by atoms with van der Waals surface area (Å²) < 4.78 is 13.6. The van der Waals surface area contributed by atoms with Crippen molar-refractivity contribution in [3.63, 3.8) is 0 Å². The second kappa shape index (κ2) is 6.58. The Morgan fingerprint density at radius 1 is 1.42 bits per heavy atom. The van der Waals surface area contributed by atoms with Crippen molar-refractivity contribution in [3.05, 3.63) is 34.6 Å². The molecule has 2 nitrogen and oxygen atoms in total. The molecule has 0 aliphatic carbocycles. The van der Waals surface area contributed by atoms with Crippen molar-refractivity contribution in [2.45, 2.75) is 32.6 Å². The Morgan fingerprint density at radius 3 is 2.63 bits per heavy atom. The Balaban J connectivity index is 2.59. The first-order valence-electron chi connectivity index (χ1n) is 6.07. The van der Waals surface area contributed by atoms with Gasteiger partial charge in [0.15, 0.2) is 5.82 Å². The minimum absolute atomic E-state index is 0.0628. The van der Waals surface area contributed by atoms with Crippen LogP contribution in [0.3, 0.4) is 0 Å². The molecule has 0 fully saturated rings. The van der Waals surface area contributed by atoms with Crippen LogP contribution < -0.4 is 5.32 Å². The van der Waals surface area contributed by atoms with Gasteiger partial charge in [-0.1, -0.05) is 38.4 Å². The lowest BCUT2D eigenvalue weighted by atomic mass is 9.90. The third kappa shape index (κ3) is 5.37. The number of benzene rings is 1. The molecule has 0 aliphatic rings. The molecule has 1 atom stereocenters. The zero-order valence-corrected chi connectivity index (χ0v) is 12.8. The van der Waals surface area contributed by atoms with E-state index in [4.69, 9.17) is 23.2 Å². The van der Waals surface area contributed by atoms with Crippen LogP contribution in [0.15, 0.2) is 18.2 Å². The van der Waals surface area contributed by atoms with Crippen molar-refractivity contribution in [2.24, 2.45) is 5.41 Å². The lowest BCUT2D eigenvalue weighted by molar-refractivity contribution is 0.0948. The highest BCUT2D eigenvalue weighted by Crippen LogP contribution is 2.23. The van der Waals surface area contributed by atoms with Crippen LogP contribution in [0, 0.1) is 11.2 Å². The number of halogens is 3. The van der Waals surface area contributed by atoms with E-state index in [1.54, 1.807) is 0 Å². The molecule has 0 aliphatic heterocycles. The van der Waals surface area contributed by atoms with Gasteiger partial charge >= 0.3 is 0 Å². The van der Waals surface area contributed by atoms with Crippen molar-refractivity contribution in [1.29, 1.82) is 0 Å². The summed E-state index contributed by atoms with van der Waals surface area (Å²) in [4.78, 5) is 11.8. The molecule has 1 aromatic rings. The molecule has 5 heteroatoms. The third-order valence-electron chi connectivity index (χ3n) is 2.51. The summed E-state index contributed by atoms with van der Waals surface area (Å²) in [6.45, 7) is 6.51. The normalized spacial score (nSPS) is 13.2. The first-order chi connectivity index (χ1) is 8.70. The first-order valence-corrected chi connectivity index (χ1v) is 6.88. The van der Waals surface area contributed by atoms with Gasteiger partial charge in [-0.25, -0.2) is 4.39 Å². The van der Waals surface area contributed by atoms with Gasteiger partial charge in [0.05, 0.1) is 16.0 Å². The number of amides is 1. The van der Waals surface area contributed by atoms with Crippen LogP contribution in [0.25, 0.3) is 0 Å². The number of carbonyl (C=O) groups is 1. The van der Waals surface area contributed by atoms with Gasteiger partial charge in [0, 0.05) is 6.54 Å². The van der Waals surface area contributed by atoms with Gasteiger partial charge in [-0.15, -0.1) is 11.6 Å². The molecule has 0 bridgehead atoms. The topological polar surface area (TPSA) is 29.1 Å². The van der Waals surface area contributed by atoms with Crippen molar-refractivity contribution in [3.8, 4) is 0 Å². The minimum Gasteiger partial charge on any atom is -0.350 e. The van der Waals surface area contributed by atoms with E-state index in [2.05, 4.69) is 26.1 Å². The van der Waals surface area contributed by atoms with Crippen LogP contribution in [0.4, 0.5) is 4.39 Å². The van der Waals surface area contributed by atoms with Crippen molar-refractivity contribution in [2.75, 3.05) is 6.54 Å². The molecule has 19 heavy (non-hydrogen) atoms. The van der Waals surface area contributed by atoms with Crippen LogP contribution in [-0.2, 0) is 0 Å². The monoisotopic (exact) mass is 305 g/mol. The van der Waals surface area contributed by atoms with Gasteiger partial charge in [-0.2, -0.15) is 0 Å². The van der Waals surface area contributed by atoms with E-state index in [1.807, 2.05) is 0 Å². The summed E-state index contributed by atoms with van der Waals surface area (Å²) in [5, 5.41) is 2.37. The molecule has 0 saturated heterocycles. The molecule has 0 aromatic heterocycles. The lowest BCUT2D eigenvalue weighted by Crippen LogP contribution is -2.32. The number of hydrogen-bond donors (Lipinski definition) is 1. The van der Waals surface area contributed by atoms with E-state index in [1.165, 1.54) is 18.2 Å². The van der Waals surface area contributed by atoms with E-state index in [9.17, 15) is 9.18 Å². The molecule has 0 saturated carbocycles. The summed E-state index contributed by atoms with van der Waals surface area (Å²) in [6, 6.07) is 4.33. The smallest absolute Gasteiger partial charge is 0.254 e. The largest absolute Gasteiger partial charge is 0.350 e. The van der Waals surface area contributed by atoms with Crippen LogP contribution in [0.2, 0.25) is 5.02 Å². The van der Waals surface area contributed by atoms with Gasteiger partial charge in [0.1, 0.15) is 0 Å². The Kier molecular flexibility index (Phi) is 5.63. The molecule has 1 aromatic carbocycles. The zero-order chi connectivity index (χ0) is 14.6.